The Morgan fingerprint density at radius 3 is 1.11 bits per heavy atom. The molecule has 0 heterocycles. The van der Waals surface area contributed by atoms with Crippen LogP contribution in [-0.2, 0) is 28.6 Å². The van der Waals surface area contributed by atoms with Gasteiger partial charge in [-0.15, -0.1) is 0 Å². The van der Waals surface area contributed by atoms with Gasteiger partial charge in [0.1, 0.15) is 13.2 Å². The molecule has 0 bridgehead atoms. The Balaban J connectivity index is 4.40. The number of rotatable bonds is 41. The van der Waals surface area contributed by atoms with Gasteiger partial charge in [-0.05, 0) is 105 Å². The van der Waals surface area contributed by atoms with Crippen LogP contribution in [0.3, 0.4) is 0 Å². The SMILES string of the molecule is CCCCCCCCC=CCCCCCCCC(=O)OCC(COC(=O)CCCCCCCC=CCCCCCCCC)OC(=O)CCCN(C(C)C)C(C)C. The summed E-state index contributed by atoms with van der Waals surface area (Å²) in [6.45, 7) is 13.8. The molecule has 0 unspecified atom stereocenters. The molecule has 0 spiro atoms. The Morgan fingerprint density at radius 2 is 0.750 bits per heavy atom. The molecule has 0 aromatic heterocycles. The lowest BCUT2D eigenvalue weighted by Gasteiger charge is -2.30. The summed E-state index contributed by atoms with van der Waals surface area (Å²) >= 11 is 0. The molecule has 0 aromatic rings. The number of hydrogen-bond acceptors (Lipinski definition) is 7. The van der Waals surface area contributed by atoms with Crippen LogP contribution in [0.25, 0.3) is 0 Å². The minimum absolute atomic E-state index is 0.0968. The van der Waals surface area contributed by atoms with Crippen molar-refractivity contribution < 1.29 is 28.6 Å². The van der Waals surface area contributed by atoms with E-state index >= 15 is 0 Å². The Hall–Kier alpha value is -2.15. The summed E-state index contributed by atoms with van der Waals surface area (Å²) in [5.41, 5.74) is 0. The van der Waals surface area contributed by atoms with Gasteiger partial charge in [-0.2, -0.15) is 0 Å². The summed E-state index contributed by atoms with van der Waals surface area (Å²) in [5.74, 6) is -0.954. The number of carbonyl (C=O) groups is 3. The van der Waals surface area contributed by atoms with Gasteiger partial charge < -0.3 is 14.2 Å². The fourth-order valence-electron chi connectivity index (χ4n) is 7.08. The van der Waals surface area contributed by atoms with E-state index in [1.54, 1.807) is 0 Å². The van der Waals surface area contributed by atoms with E-state index in [9.17, 15) is 14.4 Å². The van der Waals surface area contributed by atoms with Gasteiger partial charge in [0.05, 0.1) is 0 Å². The normalized spacial score (nSPS) is 12.4. The molecule has 0 fully saturated rings. The molecule has 7 nitrogen and oxygen atoms in total. The Labute approximate surface area is 346 Å². The molecule has 0 radical (unpaired) electrons. The molecule has 0 saturated carbocycles. The number of nitrogens with zero attached hydrogens (tertiary/aromatic N) is 1. The molecule has 0 amide bonds. The molecule has 7 heteroatoms. The Morgan fingerprint density at radius 1 is 0.429 bits per heavy atom. The van der Waals surface area contributed by atoms with Crippen LogP contribution in [0.5, 0.6) is 0 Å². The average molecular weight is 790 g/mol. The van der Waals surface area contributed by atoms with E-state index in [2.05, 4.69) is 70.7 Å². The molecular weight excluding hydrogens is 699 g/mol. The van der Waals surface area contributed by atoms with Crippen LogP contribution >= 0.6 is 0 Å². The maximum Gasteiger partial charge on any atom is 0.306 e. The van der Waals surface area contributed by atoms with E-state index in [0.717, 1.165) is 57.9 Å². The third-order valence-electron chi connectivity index (χ3n) is 10.6. The van der Waals surface area contributed by atoms with Gasteiger partial charge in [0, 0.05) is 31.3 Å². The van der Waals surface area contributed by atoms with Gasteiger partial charge in [-0.3, -0.25) is 19.3 Å². The first-order chi connectivity index (χ1) is 27.2. The number of esters is 3. The first kappa shape index (κ1) is 53.9. The zero-order valence-electron chi connectivity index (χ0n) is 37.8. The molecule has 0 aliphatic rings. The summed E-state index contributed by atoms with van der Waals surface area (Å²) in [6, 6.07) is 0.780. The second kappa shape index (κ2) is 41.0. The van der Waals surface area contributed by atoms with Crippen molar-refractivity contribution in [2.24, 2.45) is 0 Å². The largest absolute Gasteiger partial charge is 0.462 e. The van der Waals surface area contributed by atoms with Gasteiger partial charge in [0.15, 0.2) is 6.10 Å². The van der Waals surface area contributed by atoms with Crippen LogP contribution < -0.4 is 0 Å². The van der Waals surface area contributed by atoms with Crippen LogP contribution in [-0.4, -0.2) is 60.8 Å². The average Bonchev–Trinajstić information content (AvgIpc) is 3.17. The van der Waals surface area contributed by atoms with Gasteiger partial charge in [-0.25, -0.2) is 0 Å². The van der Waals surface area contributed by atoms with Crippen LogP contribution in [0.4, 0.5) is 0 Å². The van der Waals surface area contributed by atoms with E-state index in [1.807, 2.05) is 0 Å². The van der Waals surface area contributed by atoms with Crippen molar-refractivity contribution in [3.63, 3.8) is 0 Å². The minimum Gasteiger partial charge on any atom is -0.462 e. The smallest absolute Gasteiger partial charge is 0.306 e. The highest BCUT2D eigenvalue weighted by Crippen LogP contribution is 2.14. The van der Waals surface area contributed by atoms with E-state index < -0.39 is 6.10 Å². The predicted molar refractivity (Wildman–Crippen MR) is 237 cm³/mol. The van der Waals surface area contributed by atoms with Crippen molar-refractivity contribution in [3.05, 3.63) is 24.3 Å². The van der Waals surface area contributed by atoms with Crippen molar-refractivity contribution in [2.45, 2.75) is 252 Å². The number of ether oxygens (including phenoxy) is 3. The lowest BCUT2D eigenvalue weighted by molar-refractivity contribution is -0.167. The maximum atomic E-state index is 12.8. The summed E-state index contributed by atoms with van der Waals surface area (Å²) in [6.07, 6.45) is 41.4. The molecule has 0 saturated heterocycles. The van der Waals surface area contributed by atoms with Gasteiger partial charge in [-0.1, -0.05) is 141 Å². The van der Waals surface area contributed by atoms with Gasteiger partial charge in [0.2, 0.25) is 0 Å². The van der Waals surface area contributed by atoms with Gasteiger partial charge in [0.25, 0.3) is 0 Å². The third kappa shape index (κ3) is 37.4. The number of hydrogen-bond donors (Lipinski definition) is 0. The molecule has 328 valence electrons. The summed E-state index contributed by atoms with van der Waals surface area (Å²) < 4.78 is 16.7. The number of carbonyl (C=O) groups excluding carboxylic acids is 3. The van der Waals surface area contributed by atoms with Crippen molar-refractivity contribution in [2.75, 3.05) is 19.8 Å². The Kier molecular flexibility index (Phi) is 39.5. The molecule has 0 atom stereocenters. The highest BCUT2D eigenvalue weighted by molar-refractivity contribution is 5.71. The lowest BCUT2D eigenvalue weighted by Crippen LogP contribution is -2.38. The second-order valence-electron chi connectivity index (χ2n) is 16.7. The van der Waals surface area contributed by atoms with Gasteiger partial charge >= 0.3 is 17.9 Å². The van der Waals surface area contributed by atoms with Crippen LogP contribution in [0.1, 0.15) is 234 Å². The molecule has 0 aliphatic carbocycles. The summed E-state index contributed by atoms with van der Waals surface area (Å²) in [4.78, 5) is 40.3. The number of unbranched alkanes of at least 4 members (excludes halogenated alkanes) is 22. The highest BCUT2D eigenvalue weighted by Gasteiger charge is 2.20. The molecule has 56 heavy (non-hydrogen) atoms. The highest BCUT2D eigenvalue weighted by atomic mass is 16.6. The fourth-order valence-corrected chi connectivity index (χ4v) is 7.08. The second-order valence-corrected chi connectivity index (χ2v) is 16.7. The first-order valence-corrected chi connectivity index (χ1v) is 23.8. The molecule has 0 aliphatic heterocycles. The molecule has 0 rings (SSSR count). The van der Waals surface area contributed by atoms with E-state index in [-0.39, 0.29) is 37.5 Å². The topological polar surface area (TPSA) is 82.1 Å². The van der Waals surface area contributed by atoms with E-state index in [0.29, 0.717) is 31.3 Å². The first-order valence-electron chi connectivity index (χ1n) is 23.8. The Bertz CT molecular complexity index is 896. The predicted octanol–water partition coefficient (Wildman–Crippen LogP) is 14.0. The monoisotopic (exact) mass is 790 g/mol. The standard InChI is InChI=1S/C49H91NO6/c1-7-9-11-13-15-17-19-21-23-25-27-29-31-33-35-38-47(51)54-42-46(56-49(53)40-37-41-50(44(3)4)45(5)6)43-55-48(52)39-36-34-32-30-28-26-24-22-20-18-16-14-12-10-8-2/h21-24,44-46H,7-20,25-43H2,1-6H3. The maximum absolute atomic E-state index is 12.8. The van der Waals surface area contributed by atoms with Crippen molar-refractivity contribution in [1.29, 1.82) is 0 Å². The third-order valence-corrected chi connectivity index (χ3v) is 10.6. The molecule has 0 aromatic carbocycles. The van der Waals surface area contributed by atoms with Crippen LogP contribution in [0.15, 0.2) is 24.3 Å². The summed E-state index contributed by atoms with van der Waals surface area (Å²) in [7, 11) is 0. The summed E-state index contributed by atoms with van der Waals surface area (Å²) in [5, 5.41) is 0. The molecular formula is C49H91NO6. The van der Waals surface area contributed by atoms with Crippen molar-refractivity contribution >= 4 is 17.9 Å². The van der Waals surface area contributed by atoms with Crippen molar-refractivity contribution in [1.82, 2.24) is 4.90 Å². The van der Waals surface area contributed by atoms with E-state index in [4.69, 9.17) is 14.2 Å². The zero-order chi connectivity index (χ0) is 41.3. The van der Waals surface area contributed by atoms with E-state index in [1.165, 1.54) is 116 Å². The van der Waals surface area contributed by atoms with Crippen LogP contribution in [0.2, 0.25) is 0 Å². The van der Waals surface area contributed by atoms with Crippen molar-refractivity contribution in [3.8, 4) is 0 Å². The quantitative estimate of drug-likeness (QED) is 0.0264. The minimum atomic E-state index is -0.801. The fraction of sp³-hybridized carbons (Fsp3) is 0.857. The van der Waals surface area contributed by atoms with Crippen LogP contribution in [0, 0.1) is 0 Å². The molecule has 0 N–H and O–H groups in total. The zero-order valence-corrected chi connectivity index (χ0v) is 37.8. The number of allylic oxidation sites excluding steroid dienone is 4. The lowest BCUT2D eigenvalue weighted by atomic mass is 10.1.